The van der Waals surface area contributed by atoms with Crippen LogP contribution in [-0.2, 0) is 6.54 Å². The molecule has 1 saturated heterocycles. The number of nitrogens with one attached hydrogen (secondary N) is 1. The molecule has 3 N–H and O–H groups in total. The third-order valence-electron chi connectivity index (χ3n) is 2.77. The molecule has 1 aromatic carbocycles. The van der Waals surface area contributed by atoms with Gasteiger partial charge in [-0.1, -0.05) is 11.6 Å². The molecule has 1 aromatic rings. The van der Waals surface area contributed by atoms with Gasteiger partial charge in [0, 0.05) is 38.3 Å². The summed E-state index contributed by atoms with van der Waals surface area (Å²) < 4.78 is 13.6. The normalized spacial score (nSPS) is 17.6. The lowest BCUT2D eigenvalue weighted by atomic mass is 10.1. The molecule has 16 heavy (non-hydrogen) atoms. The number of benzene rings is 1. The summed E-state index contributed by atoms with van der Waals surface area (Å²) in [7, 11) is 0. The summed E-state index contributed by atoms with van der Waals surface area (Å²) in [5.41, 5.74) is 6.72. The average Bonchev–Trinajstić information content (AvgIpc) is 2.27. The zero-order valence-corrected chi connectivity index (χ0v) is 9.73. The first-order valence-corrected chi connectivity index (χ1v) is 5.71. The number of hydrogen-bond acceptors (Lipinski definition) is 3. The summed E-state index contributed by atoms with van der Waals surface area (Å²) in [5, 5.41) is 3.53. The fourth-order valence-electron chi connectivity index (χ4n) is 1.84. The molecule has 3 nitrogen and oxygen atoms in total. The topological polar surface area (TPSA) is 41.3 Å². The Hall–Kier alpha value is -0.840. The van der Waals surface area contributed by atoms with Gasteiger partial charge in [-0.3, -0.25) is 4.90 Å². The van der Waals surface area contributed by atoms with E-state index in [2.05, 4.69) is 10.2 Å². The van der Waals surface area contributed by atoms with E-state index in [4.69, 9.17) is 17.3 Å². The number of halogens is 2. The first-order valence-electron chi connectivity index (χ1n) is 5.33. The summed E-state index contributed by atoms with van der Waals surface area (Å²) in [5.74, 6) is -0.280. The molecule has 1 aliphatic rings. The summed E-state index contributed by atoms with van der Waals surface area (Å²) >= 11 is 5.74. The highest BCUT2D eigenvalue weighted by Crippen LogP contribution is 2.23. The van der Waals surface area contributed by atoms with Gasteiger partial charge in [-0.25, -0.2) is 4.39 Å². The molecule has 1 aliphatic heterocycles. The fourth-order valence-corrected chi connectivity index (χ4v) is 1.99. The van der Waals surface area contributed by atoms with Gasteiger partial charge in [-0.2, -0.15) is 0 Å². The molecular weight excluding hydrogens is 229 g/mol. The van der Waals surface area contributed by atoms with E-state index < -0.39 is 0 Å². The molecule has 0 aliphatic carbocycles. The summed E-state index contributed by atoms with van der Waals surface area (Å²) in [6.07, 6.45) is 0. The van der Waals surface area contributed by atoms with E-state index in [0.29, 0.717) is 17.8 Å². The SMILES string of the molecule is Nc1cc(CN2CCNCC2)c(F)cc1Cl. The molecule has 0 atom stereocenters. The maximum atomic E-state index is 13.6. The van der Waals surface area contributed by atoms with Gasteiger partial charge in [-0.15, -0.1) is 0 Å². The van der Waals surface area contributed by atoms with E-state index in [-0.39, 0.29) is 10.8 Å². The van der Waals surface area contributed by atoms with Crippen molar-refractivity contribution in [3.63, 3.8) is 0 Å². The van der Waals surface area contributed by atoms with E-state index in [9.17, 15) is 4.39 Å². The van der Waals surface area contributed by atoms with Crippen molar-refractivity contribution in [3.8, 4) is 0 Å². The Morgan fingerprint density at radius 2 is 2.06 bits per heavy atom. The zero-order valence-electron chi connectivity index (χ0n) is 8.97. The highest BCUT2D eigenvalue weighted by Gasteiger charge is 2.13. The largest absolute Gasteiger partial charge is 0.398 e. The summed E-state index contributed by atoms with van der Waals surface area (Å²) in [4.78, 5) is 2.20. The molecule has 1 heterocycles. The van der Waals surface area contributed by atoms with E-state index in [1.165, 1.54) is 6.07 Å². The molecule has 0 spiro atoms. The van der Waals surface area contributed by atoms with Crippen LogP contribution < -0.4 is 11.1 Å². The molecule has 0 aromatic heterocycles. The Bertz CT molecular complexity index is 378. The smallest absolute Gasteiger partial charge is 0.129 e. The van der Waals surface area contributed by atoms with E-state index in [1.807, 2.05) is 0 Å². The molecule has 0 saturated carbocycles. The van der Waals surface area contributed by atoms with Crippen LogP contribution in [0.2, 0.25) is 5.02 Å². The first kappa shape index (κ1) is 11.6. The monoisotopic (exact) mass is 243 g/mol. The Balaban J connectivity index is 2.11. The highest BCUT2D eigenvalue weighted by molar-refractivity contribution is 6.33. The Labute approximate surface area is 99.4 Å². The van der Waals surface area contributed by atoms with E-state index in [0.717, 1.165) is 26.2 Å². The van der Waals surface area contributed by atoms with Crippen LogP contribution in [0.15, 0.2) is 12.1 Å². The van der Waals surface area contributed by atoms with Crippen LogP contribution in [0.25, 0.3) is 0 Å². The second-order valence-electron chi connectivity index (χ2n) is 3.99. The van der Waals surface area contributed by atoms with Crippen molar-refractivity contribution in [1.29, 1.82) is 0 Å². The Kier molecular flexibility index (Phi) is 3.63. The van der Waals surface area contributed by atoms with E-state index >= 15 is 0 Å². The maximum Gasteiger partial charge on any atom is 0.129 e. The third-order valence-corrected chi connectivity index (χ3v) is 3.10. The molecule has 1 fully saturated rings. The molecule has 0 bridgehead atoms. The minimum absolute atomic E-state index is 0.279. The molecule has 5 heteroatoms. The van der Waals surface area contributed by atoms with Crippen molar-refractivity contribution in [2.24, 2.45) is 0 Å². The van der Waals surface area contributed by atoms with Gasteiger partial charge in [0.2, 0.25) is 0 Å². The van der Waals surface area contributed by atoms with Crippen LogP contribution in [0, 0.1) is 5.82 Å². The molecular formula is C11H15ClFN3. The summed E-state index contributed by atoms with van der Waals surface area (Å²) in [6, 6.07) is 2.91. The van der Waals surface area contributed by atoms with Gasteiger partial charge in [0.05, 0.1) is 10.7 Å². The van der Waals surface area contributed by atoms with Crippen molar-refractivity contribution in [1.82, 2.24) is 10.2 Å². The highest BCUT2D eigenvalue weighted by atomic mass is 35.5. The number of nitrogens with two attached hydrogens (primary N) is 1. The number of hydrogen-bond donors (Lipinski definition) is 2. The lowest BCUT2D eigenvalue weighted by molar-refractivity contribution is 0.230. The van der Waals surface area contributed by atoms with Gasteiger partial charge < -0.3 is 11.1 Å². The lowest BCUT2D eigenvalue weighted by Crippen LogP contribution is -2.43. The van der Waals surface area contributed by atoms with Crippen LogP contribution in [0.3, 0.4) is 0 Å². The number of nitrogen functional groups attached to an aromatic ring is 1. The van der Waals surface area contributed by atoms with Gasteiger partial charge in [-0.05, 0) is 12.1 Å². The predicted octanol–water partition coefficient (Wildman–Crippen LogP) is 1.47. The van der Waals surface area contributed by atoms with Crippen molar-refractivity contribution in [3.05, 3.63) is 28.5 Å². The third kappa shape index (κ3) is 2.64. The number of piperazine rings is 1. The van der Waals surface area contributed by atoms with Crippen LogP contribution in [0.4, 0.5) is 10.1 Å². The maximum absolute atomic E-state index is 13.6. The van der Waals surface area contributed by atoms with Crippen molar-refractivity contribution in [2.45, 2.75) is 6.54 Å². The summed E-state index contributed by atoms with van der Waals surface area (Å²) in [6.45, 7) is 4.36. The second kappa shape index (κ2) is 4.99. The van der Waals surface area contributed by atoms with Crippen LogP contribution in [-0.4, -0.2) is 31.1 Å². The minimum atomic E-state index is -0.280. The molecule has 88 valence electrons. The zero-order chi connectivity index (χ0) is 11.5. The van der Waals surface area contributed by atoms with Crippen molar-refractivity contribution < 1.29 is 4.39 Å². The number of nitrogens with zero attached hydrogens (tertiary/aromatic N) is 1. The number of anilines is 1. The Morgan fingerprint density at radius 1 is 1.38 bits per heavy atom. The van der Waals surface area contributed by atoms with E-state index in [1.54, 1.807) is 6.07 Å². The van der Waals surface area contributed by atoms with Crippen molar-refractivity contribution in [2.75, 3.05) is 31.9 Å². The van der Waals surface area contributed by atoms with Crippen molar-refractivity contribution >= 4 is 17.3 Å². The first-order chi connectivity index (χ1) is 7.66. The van der Waals surface area contributed by atoms with Gasteiger partial charge in [0.25, 0.3) is 0 Å². The fraction of sp³-hybridized carbons (Fsp3) is 0.455. The Morgan fingerprint density at radius 3 is 2.75 bits per heavy atom. The quantitative estimate of drug-likeness (QED) is 0.773. The molecule has 2 rings (SSSR count). The lowest BCUT2D eigenvalue weighted by Gasteiger charge is -2.27. The molecule has 0 radical (unpaired) electrons. The predicted molar refractivity (Wildman–Crippen MR) is 64.0 cm³/mol. The standard InChI is InChI=1S/C11H15ClFN3/c12-9-6-10(13)8(5-11(9)14)7-16-3-1-15-2-4-16/h5-6,15H,1-4,7,14H2. The van der Waals surface area contributed by atoms with Gasteiger partial charge in [0.15, 0.2) is 0 Å². The van der Waals surface area contributed by atoms with Crippen LogP contribution in [0.1, 0.15) is 5.56 Å². The number of rotatable bonds is 2. The molecule has 0 amide bonds. The molecule has 0 unspecified atom stereocenters. The minimum Gasteiger partial charge on any atom is -0.398 e. The van der Waals surface area contributed by atoms with Crippen LogP contribution in [0.5, 0.6) is 0 Å². The average molecular weight is 244 g/mol. The van der Waals surface area contributed by atoms with Crippen LogP contribution >= 0.6 is 11.6 Å². The van der Waals surface area contributed by atoms with Gasteiger partial charge >= 0.3 is 0 Å². The second-order valence-corrected chi connectivity index (χ2v) is 4.40. The van der Waals surface area contributed by atoms with Gasteiger partial charge in [0.1, 0.15) is 5.82 Å².